The standard InChI is InChI=1S/C16H21NO2/c17-10-9-16(18)14-7-4-8-15(11-14)19-12-13-5-2-1-3-6-13/h4,7-8,11,13,16,18H,1-3,5-6,9,12H2/t16-/m1/s1. The summed E-state index contributed by atoms with van der Waals surface area (Å²) in [6.45, 7) is 0.762. The minimum Gasteiger partial charge on any atom is -0.493 e. The first-order valence-electron chi connectivity index (χ1n) is 7.07. The van der Waals surface area contributed by atoms with Crippen molar-refractivity contribution in [3.63, 3.8) is 0 Å². The molecule has 3 nitrogen and oxygen atoms in total. The highest BCUT2D eigenvalue weighted by atomic mass is 16.5. The number of rotatable bonds is 5. The van der Waals surface area contributed by atoms with Crippen molar-refractivity contribution in [3.05, 3.63) is 29.8 Å². The highest BCUT2D eigenvalue weighted by molar-refractivity contribution is 5.30. The van der Waals surface area contributed by atoms with Gasteiger partial charge in [-0.25, -0.2) is 0 Å². The van der Waals surface area contributed by atoms with Gasteiger partial charge in [0.2, 0.25) is 0 Å². The first-order valence-corrected chi connectivity index (χ1v) is 7.07. The van der Waals surface area contributed by atoms with Crippen molar-refractivity contribution in [3.8, 4) is 11.8 Å². The summed E-state index contributed by atoms with van der Waals surface area (Å²) >= 11 is 0. The van der Waals surface area contributed by atoms with Crippen LogP contribution in [-0.4, -0.2) is 11.7 Å². The molecule has 1 atom stereocenters. The number of hydrogen-bond acceptors (Lipinski definition) is 3. The summed E-state index contributed by atoms with van der Waals surface area (Å²) in [6.07, 6.45) is 5.90. The fourth-order valence-electron chi connectivity index (χ4n) is 2.58. The Balaban J connectivity index is 1.89. The molecule has 0 heterocycles. The number of hydrogen-bond donors (Lipinski definition) is 1. The van der Waals surface area contributed by atoms with Gasteiger partial charge in [-0.1, -0.05) is 31.4 Å². The number of benzene rings is 1. The molecule has 0 radical (unpaired) electrons. The summed E-state index contributed by atoms with van der Waals surface area (Å²) in [6, 6.07) is 9.42. The molecule has 1 aliphatic carbocycles. The summed E-state index contributed by atoms with van der Waals surface area (Å²) in [4.78, 5) is 0. The minimum absolute atomic E-state index is 0.117. The molecule has 0 bridgehead atoms. The van der Waals surface area contributed by atoms with Crippen molar-refractivity contribution in [1.29, 1.82) is 5.26 Å². The largest absolute Gasteiger partial charge is 0.493 e. The molecular weight excluding hydrogens is 238 g/mol. The van der Waals surface area contributed by atoms with E-state index < -0.39 is 6.10 Å². The second kappa shape index (κ2) is 7.16. The van der Waals surface area contributed by atoms with Crippen LogP contribution in [-0.2, 0) is 0 Å². The fourth-order valence-corrected chi connectivity index (χ4v) is 2.58. The number of nitriles is 1. The topological polar surface area (TPSA) is 53.2 Å². The lowest BCUT2D eigenvalue weighted by atomic mass is 9.90. The summed E-state index contributed by atoms with van der Waals surface area (Å²) in [5.41, 5.74) is 0.752. The summed E-state index contributed by atoms with van der Waals surface area (Å²) in [7, 11) is 0. The van der Waals surface area contributed by atoms with Gasteiger partial charge in [-0.05, 0) is 36.5 Å². The van der Waals surface area contributed by atoms with Crippen LogP contribution in [0.1, 0.15) is 50.2 Å². The fraction of sp³-hybridized carbons (Fsp3) is 0.562. The smallest absolute Gasteiger partial charge is 0.119 e. The molecule has 2 rings (SSSR count). The van der Waals surface area contributed by atoms with Crippen LogP contribution < -0.4 is 4.74 Å². The van der Waals surface area contributed by atoms with Gasteiger partial charge in [0.25, 0.3) is 0 Å². The molecule has 1 fully saturated rings. The second-order valence-corrected chi connectivity index (χ2v) is 5.27. The quantitative estimate of drug-likeness (QED) is 0.879. The molecule has 3 heteroatoms. The average molecular weight is 259 g/mol. The monoisotopic (exact) mass is 259 g/mol. The van der Waals surface area contributed by atoms with Gasteiger partial charge in [-0.15, -0.1) is 0 Å². The van der Waals surface area contributed by atoms with Gasteiger partial charge in [-0.2, -0.15) is 5.26 Å². The van der Waals surface area contributed by atoms with Crippen molar-refractivity contribution in [2.24, 2.45) is 5.92 Å². The van der Waals surface area contributed by atoms with Crippen molar-refractivity contribution in [1.82, 2.24) is 0 Å². The van der Waals surface area contributed by atoms with E-state index in [9.17, 15) is 5.11 Å². The van der Waals surface area contributed by atoms with Gasteiger partial charge in [0.05, 0.1) is 25.2 Å². The number of aliphatic hydroxyl groups excluding tert-OH is 1. The summed E-state index contributed by atoms with van der Waals surface area (Å²) in [5.74, 6) is 1.46. The maximum absolute atomic E-state index is 9.78. The zero-order chi connectivity index (χ0) is 13.5. The van der Waals surface area contributed by atoms with E-state index in [0.717, 1.165) is 17.9 Å². The third-order valence-electron chi connectivity index (χ3n) is 3.74. The van der Waals surface area contributed by atoms with E-state index in [0.29, 0.717) is 5.92 Å². The number of aliphatic hydroxyl groups is 1. The van der Waals surface area contributed by atoms with Gasteiger partial charge in [0.15, 0.2) is 0 Å². The first kappa shape index (κ1) is 13.9. The van der Waals surface area contributed by atoms with Crippen molar-refractivity contribution >= 4 is 0 Å². The maximum Gasteiger partial charge on any atom is 0.119 e. The molecule has 1 aromatic rings. The minimum atomic E-state index is -0.719. The van der Waals surface area contributed by atoms with Crippen LogP contribution in [0.3, 0.4) is 0 Å². The van der Waals surface area contributed by atoms with E-state index in [1.165, 1.54) is 32.1 Å². The summed E-state index contributed by atoms with van der Waals surface area (Å²) in [5, 5.41) is 18.4. The van der Waals surface area contributed by atoms with Gasteiger partial charge in [-0.3, -0.25) is 0 Å². The SMILES string of the molecule is N#CC[C@@H](O)c1cccc(OCC2CCCCC2)c1. The molecule has 1 saturated carbocycles. The normalized spacial score (nSPS) is 17.7. The van der Waals surface area contributed by atoms with E-state index in [-0.39, 0.29) is 6.42 Å². The predicted molar refractivity (Wildman–Crippen MR) is 73.7 cm³/mol. The molecule has 0 spiro atoms. The molecule has 0 saturated heterocycles. The van der Waals surface area contributed by atoms with Gasteiger partial charge < -0.3 is 9.84 Å². The number of nitrogens with zero attached hydrogens (tertiary/aromatic N) is 1. The Morgan fingerprint density at radius 2 is 2.11 bits per heavy atom. The molecule has 0 amide bonds. The van der Waals surface area contributed by atoms with Gasteiger partial charge >= 0.3 is 0 Å². The van der Waals surface area contributed by atoms with Gasteiger partial charge in [0.1, 0.15) is 5.75 Å². The van der Waals surface area contributed by atoms with Crippen LogP contribution in [0, 0.1) is 17.2 Å². The van der Waals surface area contributed by atoms with E-state index in [1.54, 1.807) is 0 Å². The van der Waals surface area contributed by atoms with E-state index >= 15 is 0 Å². The van der Waals surface area contributed by atoms with Crippen LogP contribution in [0.15, 0.2) is 24.3 Å². The van der Waals surface area contributed by atoms with Crippen LogP contribution in [0.4, 0.5) is 0 Å². The van der Waals surface area contributed by atoms with Gasteiger partial charge in [0, 0.05) is 0 Å². The highest BCUT2D eigenvalue weighted by Gasteiger charge is 2.14. The van der Waals surface area contributed by atoms with E-state index in [4.69, 9.17) is 10.00 Å². The molecule has 1 N–H and O–H groups in total. The van der Waals surface area contributed by atoms with Crippen LogP contribution in [0.2, 0.25) is 0 Å². The molecular formula is C16H21NO2. The molecule has 0 aliphatic heterocycles. The molecule has 102 valence electrons. The van der Waals surface area contributed by atoms with Crippen molar-refractivity contribution < 1.29 is 9.84 Å². The Morgan fingerprint density at radius 3 is 2.84 bits per heavy atom. The average Bonchev–Trinajstić information content (AvgIpc) is 2.47. The summed E-state index contributed by atoms with van der Waals surface area (Å²) < 4.78 is 5.82. The van der Waals surface area contributed by atoms with Crippen LogP contribution >= 0.6 is 0 Å². The predicted octanol–water partition coefficient (Wildman–Crippen LogP) is 3.59. The lowest BCUT2D eigenvalue weighted by Gasteiger charge is -2.21. The molecule has 0 unspecified atom stereocenters. The zero-order valence-electron chi connectivity index (χ0n) is 11.2. The Kier molecular flexibility index (Phi) is 5.23. The third-order valence-corrected chi connectivity index (χ3v) is 3.74. The molecule has 1 aliphatic rings. The lowest BCUT2D eigenvalue weighted by Crippen LogP contribution is -2.15. The first-order chi connectivity index (χ1) is 9.29. The van der Waals surface area contributed by atoms with Crippen molar-refractivity contribution in [2.45, 2.75) is 44.6 Å². The third kappa shape index (κ3) is 4.25. The Hall–Kier alpha value is -1.53. The maximum atomic E-state index is 9.78. The Labute approximate surface area is 114 Å². The Morgan fingerprint density at radius 1 is 1.32 bits per heavy atom. The number of ether oxygens (including phenoxy) is 1. The van der Waals surface area contributed by atoms with E-state index in [1.807, 2.05) is 30.3 Å². The molecule has 0 aromatic heterocycles. The molecule has 1 aromatic carbocycles. The van der Waals surface area contributed by atoms with Crippen LogP contribution in [0.25, 0.3) is 0 Å². The highest BCUT2D eigenvalue weighted by Crippen LogP contribution is 2.26. The Bertz CT molecular complexity index is 433. The molecule has 19 heavy (non-hydrogen) atoms. The van der Waals surface area contributed by atoms with E-state index in [2.05, 4.69) is 0 Å². The van der Waals surface area contributed by atoms with Crippen molar-refractivity contribution in [2.75, 3.05) is 6.61 Å². The second-order valence-electron chi connectivity index (χ2n) is 5.27. The van der Waals surface area contributed by atoms with Crippen LogP contribution in [0.5, 0.6) is 5.75 Å². The lowest BCUT2D eigenvalue weighted by molar-refractivity contribution is 0.181. The zero-order valence-corrected chi connectivity index (χ0v) is 11.2.